The molecule has 3 aromatic rings. The molecule has 0 aliphatic carbocycles. The van der Waals surface area contributed by atoms with Crippen LogP contribution in [0.15, 0.2) is 57.2 Å². The summed E-state index contributed by atoms with van der Waals surface area (Å²) in [6, 6.07) is 5.69. The minimum Gasteiger partial charge on any atom is -0.472 e. The average molecular weight is 259 g/mol. The second-order valence-electron chi connectivity index (χ2n) is 3.54. The maximum Gasteiger partial charge on any atom is 0.277 e. The highest BCUT2D eigenvalue weighted by molar-refractivity contribution is 7.98. The number of hydrogen-bond acceptors (Lipinski definition) is 6. The standard InChI is InChI=1S/C12H9N3O2S/c1-2-9(6-13-4-1)8-18-12-15-14-11(17-12)10-3-5-16-7-10/h1-7H,8H2. The minimum absolute atomic E-state index is 0.470. The predicted octanol–water partition coefficient (Wildman–Crippen LogP) is 3.02. The molecule has 0 amide bonds. The van der Waals surface area contributed by atoms with E-state index in [1.807, 2.05) is 18.3 Å². The molecule has 0 fully saturated rings. The fourth-order valence-electron chi connectivity index (χ4n) is 1.40. The normalized spacial score (nSPS) is 10.7. The lowest BCUT2D eigenvalue weighted by molar-refractivity contribution is 0.465. The third-order valence-electron chi connectivity index (χ3n) is 2.26. The van der Waals surface area contributed by atoms with E-state index in [1.54, 1.807) is 24.8 Å². The summed E-state index contributed by atoms with van der Waals surface area (Å²) in [5, 5.41) is 8.47. The molecule has 0 bridgehead atoms. The first-order chi connectivity index (χ1) is 8.92. The van der Waals surface area contributed by atoms with E-state index in [4.69, 9.17) is 8.83 Å². The third kappa shape index (κ3) is 2.43. The van der Waals surface area contributed by atoms with E-state index < -0.39 is 0 Å². The van der Waals surface area contributed by atoms with Gasteiger partial charge in [-0.3, -0.25) is 4.98 Å². The molecule has 0 aliphatic heterocycles. The second-order valence-corrected chi connectivity index (χ2v) is 4.46. The van der Waals surface area contributed by atoms with Gasteiger partial charge in [0.2, 0.25) is 0 Å². The van der Waals surface area contributed by atoms with Crippen LogP contribution in [0.3, 0.4) is 0 Å². The van der Waals surface area contributed by atoms with Crippen LogP contribution in [0.25, 0.3) is 11.5 Å². The maximum absolute atomic E-state index is 5.51. The Balaban J connectivity index is 1.68. The van der Waals surface area contributed by atoms with E-state index in [0.717, 1.165) is 16.9 Å². The van der Waals surface area contributed by atoms with Crippen LogP contribution in [0.4, 0.5) is 0 Å². The van der Waals surface area contributed by atoms with Crippen molar-refractivity contribution >= 4 is 11.8 Å². The summed E-state index contributed by atoms with van der Waals surface area (Å²) in [4.78, 5) is 4.05. The molecular formula is C12H9N3O2S. The largest absolute Gasteiger partial charge is 0.472 e. The number of hydrogen-bond donors (Lipinski definition) is 0. The Labute approximate surface area is 107 Å². The molecule has 5 nitrogen and oxygen atoms in total. The van der Waals surface area contributed by atoms with Gasteiger partial charge in [0.25, 0.3) is 11.1 Å². The van der Waals surface area contributed by atoms with Crippen molar-refractivity contribution in [2.24, 2.45) is 0 Å². The molecule has 0 aliphatic rings. The Morgan fingerprint density at radius 1 is 1.22 bits per heavy atom. The van der Waals surface area contributed by atoms with Crippen molar-refractivity contribution < 1.29 is 8.83 Å². The van der Waals surface area contributed by atoms with Gasteiger partial charge in [0, 0.05) is 18.1 Å². The quantitative estimate of drug-likeness (QED) is 0.671. The Bertz CT molecular complexity index is 607. The summed E-state index contributed by atoms with van der Waals surface area (Å²) in [5.41, 5.74) is 1.90. The molecule has 0 spiro atoms. The molecule has 6 heteroatoms. The van der Waals surface area contributed by atoms with Crippen molar-refractivity contribution in [2.45, 2.75) is 11.0 Å². The first kappa shape index (κ1) is 11.0. The van der Waals surface area contributed by atoms with Crippen molar-refractivity contribution in [3.63, 3.8) is 0 Å². The van der Waals surface area contributed by atoms with Crippen LogP contribution >= 0.6 is 11.8 Å². The maximum atomic E-state index is 5.51. The van der Waals surface area contributed by atoms with Gasteiger partial charge in [0.05, 0.1) is 11.8 Å². The first-order valence-electron chi connectivity index (χ1n) is 5.29. The zero-order chi connectivity index (χ0) is 12.2. The number of aromatic nitrogens is 3. The molecule has 0 saturated carbocycles. The fourth-order valence-corrected chi connectivity index (χ4v) is 2.10. The Kier molecular flexibility index (Phi) is 3.10. The average Bonchev–Trinajstić information content (AvgIpc) is 3.08. The van der Waals surface area contributed by atoms with E-state index in [0.29, 0.717) is 11.1 Å². The molecule has 0 radical (unpaired) electrons. The number of pyridine rings is 1. The summed E-state index contributed by atoms with van der Waals surface area (Å²) in [7, 11) is 0. The van der Waals surface area contributed by atoms with Crippen LogP contribution in [0, 0.1) is 0 Å². The lowest BCUT2D eigenvalue weighted by atomic mass is 10.3. The molecule has 90 valence electrons. The molecule has 3 rings (SSSR count). The summed E-state index contributed by atoms with van der Waals surface area (Å²) in [6.07, 6.45) is 6.71. The fraction of sp³-hybridized carbons (Fsp3) is 0.0833. The molecule has 3 aromatic heterocycles. The van der Waals surface area contributed by atoms with E-state index >= 15 is 0 Å². The first-order valence-corrected chi connectivity index (χ1v) is 6.28. The van der Waals surface area contributed by atoms with Crippen molar-refractivity contribution in [2.75, 3.05) is 0 Å². The minimum atomic E-state index is 0.470. The summed E-state index contributed by atoms with van der Waals surface area (Å²) >= 11 is 1.48. The van der Waals surface area contributed by atoms with Crippen LogP contribution in [0.2, 0.25) is 0 Å². The lowest BCUT2D eigenvalue weighted by Gasteiger charge is -1.95. The van der Waals surface area contributed by atoms with Crippen LogP contribution in [0.5, 0.6) is 0 Å². The molecule has 0 N–H and O–H groups in total. The third-order valence-corrected chi connectivity index (χ3v) is 3.15. The Morgan fingerprint density at radius 2 is 2.22 bits per heavy atom. The van der Waals surface area contributed by atoms with Gasteiger partial charge in [0.1, 0.15) is 6.26 Å². The van der Waals surface area contributed by atoms with Crippen molar-refractivity contribution in [3.8, 4) is 11.5 Å². The topological polar surface area (TPSA) is 65.0 Å². The lowest BCUT2D eigenvalue weighted by Crippen LogP contribution is -1.81. The number of rotatable bonds is 4. The van der Waals surface area contributed by atoms with Crippen molar-refractivity contribution in [1.29, 1.82) is 0 Å². The summed E-state index contributed by atoms with van der Waals surface area (Å²) < 4.78 is 10.5. The number of furan rings is 1. The molecule has 18 heavy (non-hydrogen) atoms. The van der Waals surface area contributed by atoms with E-state index in [1.165, 1.54) is 11.8 Å². The molecule has 3 heterocycles. The van der Waals surface area contributed by atoms with Crippen molar-refractivity contribution in [1.82, 2.24) is 15.2 Å². The van der Waals surface area contributed by atoms with Gasteiger partial charge < -0.3 is 8.83 Å². The van der Waals surface area contributed by atoms with E-state index in [2.05, 4.69) is 15.2 Å². The summed E-state index contributed by atoms with van der Waals surface area (Å²) in [5.74, 6) is 1.22. The van der Waals surface area contributed by atoms with Gasteiger partial charge in [-0.05, 0) is 17.7 Å². The highest BCUT2D eigenvalue weighted by Crippen LogP contribution is 2.25. The molecular weight excluding hydrogens is 250 g/mol. The van der Waals surface area contributed by atoms with Crippen LogP contribution in [0.1, 0.15) is 5.56 Å². The number of thioether (sulfide) groups is 1. The molecule has 0 aromatic carbocycles. The van der Waals surface area contributed by atoms with Gasteiger partial charge in [-0.25, -0.2) is 0 Å². The van der Waals surface area contributed by atoms with Crippen LogP contribution in [-0.2, 0) is 5.75 Å². The van der Waals surface area contributed by atoms with Crippen LogP contribution in [-0.4, -0.2) is 15.2 Å². The van der Waals surface area contributed by atoms with Gasteiger partial charge >= 0.3 is 0 Å². The second kappa shape index (κ2) is 5.05. The van der Waals surface area contributed by atoms with Gasteiger partial charge in [0.15, 0.2) is 0 Å². The van der Waals surface area contributed by atoms with Gasteiger partial charge in [-0.2, -0.15) is 0 Å². The highest BCUT2D eigenvalue weighted by atomic mass is 32.2. The zero-order valence-electron chi connectivity index (χ0n) is 9.31. The van der Waals surface area contributed by atoms with Gasteiger partial charge in [-0.1, -0.05) is 17.8 Å². The molecule has 0 atom stereocenters. The van der Waals surface area contributed by atoms with E-state index in [9.17, 15) is 0 Å². The Hall–Kier alpha value is -2.08. The predicted molar refractivity (Wildman–Crippen MR) is 65.8 cm³/mol. The molecule has 0 saturated heterocycles. The van der Waals surface area contributed by atoms with E-state index in [-0.39, 0.29) is 0 Å². The zero-order valence-corrected chi connectivity index (χ0v) is 10.1. The van der Waals surface area contributed by atoms with Crippen molar-refractivity contribution in [3.05, 3.63) is 48.7 Å². The van der Waals surface area contributed by atoms with Crippen LogP contribution < -0.4 is 0 Å². The smallest absolute Gasteiger partial charge is 0.277 e. The Morgan fingerprint density at radius 3 is 3.00 bits per heavy atom. The highest BCUT2D eigenvalue weighted by Gasteiger charge is 2.09. The van der Waals surface area contributed by atoms with Gasteiger partial charge in [-0.15, -0.1) is 10.2 Å². The summed E-state index contributed by atoms with van der Waals surface area (Å²) in [6.45, 7) is 0. The SMILES string of the molecule is c1cncc(CSc2nnc(-c3ccoc3)o2)c1. The molecule has 0 unspecified atom stereocenters. The number of nitrogens with zero attached hydrogens (tertiary/aromatic N) is 3. The monoisotopic (exact) mass is 259 g/mol.